The summed E-state index contributed by atoms with van der Waals surface area (Å²) >= 11 is 0. The van der Waals surface area contributed by atoms with Crippen molar-refractivity contribution in [3.8, 4) is 0 Å². The average Bonchev–Trinajstić information content (AvgIpc) is 3.13. The second-order valence-corrected chi connectivity index (χ2v) is 6.98. The van der Waals surface area contributed by atoms with Crippen molar-refractivity contribution >= 4 is 17.5 Å². The van der Waals surface area contributed by atoms with Gasteiger partial charge < -0.3 is 5.73 Å². The highest BCUT2D eigenvalue weighted by Gasteiger charge is 2.29. The third kappa shape index (κ3) is 4.48. The van der Waals surface area contributed by atoms with E-state index in [-0.39, 0.29) is 17.9 Å². The van der Waals surface area contributed by atoms with Gasteiger partial charge in [-0.2, -0.15) is 0 Å². The monoisotopic (exact) mass is 395 g/mol. The first-order chi connectivity index (χ1) is 13.8. The molecule has 2 aromatic carbocycles. The topological polar surface area (TPSA) is 94.1 Å². The van der Waals surface area contributed by atoms with Crippen LogP contribution in [0, 0.1) is 19.7 Å². The molecule has 0 aliphatic rings. The van der Waals surface area contributed by atoms with Gasteiger partial charge in [0.1, 0.15) is 12.4 Å². The molecule has 3 rings (SSSR count). The summed E-state index contributed by atoms with van der Waals surface area (Å²) in [6.45, 7) is 5.41. The van der Waals surface area contributed by atoms with E-state index in [0.717, 1.165) is 16.7 Å². The standard InChI is InChI=1S/C21H22FN5O2/c1-13-4-7-16(8-5-13)15(3)27(19-10-14(2)6-9-17(19)22)21(29)18-11-26(25-24-18)12-20(23)28/h4-11,15H,12H2,1-3H3,(H2,23,28)/t15-/m1/s1. The quantitative estimate of drug-likeness (QED) is 0.694. The van der Waals surface area contributed by atoms with E-state index in [0.29, 0.717) is 0 Å². The number of benzene rings is 2. The Labute approximate surface area is 167 Å². The normalized spacial score (nSPS) is 11.9. The number of rotatable bonds is 6. The zero-order valence-electron chi connectivity index (χ0n) is 16.5. The van der Waals surface area contributed by atoms with Crippen LogP contribution >= 0.6 is 0 Å². The highest BCUT2D eigenvalue weighted by molar-refractivity contribution is 6.05. The molecule has 2 N–H and O–H groups in total. The minimum atomic E-state index is -0.608. The molecule has 0 spiro atoms. The number of anilines is 1. The predicted molar refractivity (Wildman–Crippen MR) is 107 cm³/mol. The molecule has 0 unspecified atom stereocenters. The van der Waals surface area contributed by atoms with E-state index in [1.165, 1.54) is 21.8 Å². The first-order valence-corrected chi connectivity index (χ1v) is 9.11. The van der Waals surface area contributed by atoms with E-state index in [1.54, 1.807) is 12.1 Å². The van der Waals surface area contributed by atoms with Crippen LogP contribution in [0.1, 0.15) is 40.1 Å². The Bertz CT molecular complexity index is 1050. The molecule has 0 aliphatic carbocycles. The van der Waals surface area contributed by atoms with E-state index < -0.39 is 23.7 Å². The van der Waals surface area contributed by atoms with Gasteiger partial charge in [0.2, 0.25) is 5.91 Å². The fraction of sp³-hybridized carbons (Fsp3) is 0.238. The molecular weight excluding hydrogens is 373 g/mol. The number of carbonyl (C=O) groups excluding carboxylic acids is 2. The lowest BCUT2D eigenvalue weighted by Gasteiger charge is -2.29. The molecule has 1 heterocycles. The van der Waals surface area contributed by atoms with Gasteiger partial charge in [-0.15, -0.1) is 5.10 Å². The summed E-state index contributed by atoms with van der Waals surface area (Å²) in [5.74, 6) is -1.66. The number of hydrogen-bond donors (Lipinski definition) is 1. The zero-order valence-corrected chi connectivity index (χ0v) is 16.5. The van der Waals surface area contributed by atoms with Crippen LogP contribution in [0.5, 0.6) is 0 Å². The molecule has 1 atom stereocenters. The number of halogens is 1. The molecule has 0 fully saturated rings. The van der Waals surface area contributed by atoms with Crippen molar-refractivity contribution in [1.82, 2.24) is 15.0 Å². The summed E-state index contributed by atoms with van der Waals surface area (Å²) in [7, 11) is 0. The first-order valence-electron chi connectivity index (χ1n) is 9.11. The van der Waals surface area contributed by atoms with Crippen LogP contribution < -0.4 is 10.6 Å². The Hall–Kier alpha value is -3.55. The first kappa shape index (κ1) is 20.2. The molecule has 150 valence electrons. The molecule has 0 saturated heterocycles. The summed E-state index contributed by atoms with van der Waals surface area (Å²) in [6, 6.07) is 11.8. The molecule has 3 aromatic rings. The van der Waals surface area contributed by atoms with E-state index in [4.69, 9.17) is 5.73 Å². The summed E-state index contributed by atoms with van der Waals surface area (Å²) in [6.07, 6.45) is 1.33. The highest BCUT2D eigenvalue weighted by Crippen LogP contribution is 2.31. The van der Waals surface area contributed by atoms with Crippen molar-refractivity contribution in [2.75, 3.05) is 4.90 Å². The van der Waals surface area contributed by atoms with E-state index in [2.05, 4.69) is 10.3 Å². The lowest BCUT2D eigenvalue weighted by molar-refractivity contribution is -0.118. The van der Waals surface area contributed by atoms with E-state index in [1.807, 2.05) is 45.0 Å². The number of hydrogen-bond acceptors (Lipinski definition) is 4. The lowest BCUT2D eigenvalue weighted by Crippen LogP contribution is -2.34. The third-order valence-electron chi connectivity index (χ3n) is 4.60. The van der Waals surface area contributed by atoms with E-state index in [9.17, 15) is 14.0 Å². The molecule has 2 amide bonds. The second-order valence-electron chi connectivity index (χ2n) is 6.98. The van der Waals surface area contributed by atoms with Crippen molar-refractivity contribution < 1.29 is 14.0 Å². The van der Waals surface area contributed by atoms with Crippen LogP contribution in [0.25, 0.3) is 0 Å². The minimum absolute atomic E-state index is 0.00822. The largest absolute Gasteiger partial charge is 0.368 e. The van der Waals surface area contributed by atoms with Gasteiger partial charge in [-0.05, 0) is 44.0 Å². The van der Waals surface area contributed by atoms with Crippen molar-refractivity contribution in [3.05, 3.63) is 76.9 Å². The van der Waals surface area contributed by atoms with Crippen molar-refractivity contribution in [3.63, 3.8) is 0 Å². The lowest BCUT2D eigenvalue weighted by atomic mass is 10.0. The maximum atomic E-state index is 14.7. The Morgan fingerprint density at radius 3 is 2.45 bits per heavy atom. The van der Waals surface area contributed by atoms with Gasteiger partial charge in [0.05, 0.1) is 17.9 Å². The molecule has 29 heavy (non-hydrogen) atoms. The molecule has 1 aromatic heterocycles. The Kier molecular flexibility index (Phi) is 5.72. The number of aryl methyl sites for hydroxylation is 2. The molecule has 0 saturated carbocycles. The van der Waals surface area contributed by atoms with Crippen molar-refractivity contribution in [2.45, 2.75) is 33.4 Å². The molecule has 8 heteroatoms. The van der Waals surface area contributed by atoms with Gasteiger partial charge in [0.15, 0.2) is 5.69 Å². The number of amides is 2. The molecule has 0 aliphatic heterocycles. The fourth-order valence-electron chi connectivity index (χ4n) is 3.05. The van der Waals surface area contributed by atoms with Crippen LogP contribution in [0.4, 0.5) is 10.1 Å². The van der Waals surface area contributed by atoms with Gasteiger partial charge in [-0.3, -0.25) is 14.5 Å². The number of nitrogens with two attached hydrogens (primary N) is 1. The van der Waals surface area contributed by atoms with Crippen LogP contribution in [0.15, 0.2) is 48.7 Å². The Morgan fingerprint density at radius 2 is 1.79 bits per heavy atom. The number of carbonyl (C=O) groups is 2. The minimum Gasteiger partial charge on any atom is -0.368 e. The fourth-order valence-corrected chi connectivity index (χ4v) is 3.05. The van der Waals surface area contributed by atoms with E-state index >= 15 is 0 Å². The molecule has 0 bridgehead atoms. The number of aromatic nitrogens is 3. The second kappa shape index (κ2) is 8.22. The molecular formula is C21H22FN5O2. The van der Waals surface area contributed by atoms with Gasteiger partial charge in [-0.25, -0.2) is 9.07 Å². The predicted octanol–water partition coefficient (Wildman–Crippen LogP) is 2.93. The molecule has 0 radical (unpaired) electrons. The van der Waals surface area contributed by atoms with Gasteiger partial charge in [0.25, 0.3) is 5.91 Å². The number of nitrogens with zero attached hydrogens (tertiary/aromatic N) is 4. The SMILES string of the molecule is Cc1ccc([C@@H](C)N(C(=O)c2cn(CC(N)=O)nn2)c2cc(C)ccc2F)cc1. The Morgan fingerprint density at radius 1 is 1.14 bits per heavy atom. The molecule has 7 nitrogen and oxygen atoms in total. The highest BCUT2D eigenvalue weighted by atomic mass is 19.1. The number of primary amides is 1. The Balaban J connectivity index is 2.05. The summed E-state index contributed by atoms with van der Waals surface area (Å²) in [4.78, 5) is 25.8. The van der Waals surface area contributed by atoms with Gasteiger partial charge in [-0.1, -0.05) is 41.1 Å². The summed E-state index contributed by atoms with van der Waals surface area (Å²) in [5, 5.41) is 7.61. The zero-order chi connectivity index (χ0) is 21.1. The van der Waals surface area contributed by atoms with Gasteiger partial charge >= 0.3 is 0 Å². The van der Waals surface area contributed by atoms with Crippen LogP contribution in [-0.2, 0) is 11.3 Å². The van der Waals surface area contributed by atoms with Crippen LogP contribution in [-0.4, -0.2) is 26.8 Å². The maximum Gasteiger partial charge on any atom is 0.281 e. The van der Waals surface area contributed by atoms with Gasteiger partial charge in [0, 0.05) is 0 Å². The smallest absolute Gasteiger partial charge is 0.281 e. The van der Waals surface area contributed by atoms with Crippen molar-refractivity contribution in [2.24, 2.45) is 5.73 Å². The van der Waals surface area contributed by atoms with Crippen LogP contribution in [0.2, 0.25) is 0 Å². The third-order valence-corrected chi connectivity index (χ3v) is 4.60. The van der Waals surface area contributed by atoms with Crippen molar-refractivity contribution in [1.29, 1.82) is 0 Å². The maximum absolute atomic E-state index is 14.7. The summed E-state index contributed by atoms with van der Waals surface area (Å²) in [5.41, 5.74) is 8.03. The van der Waals surface area contributed by atoms with Crippen LogP contribution in [0.3, 0.4) is 0 Å². The summed E-state index contributed by atoms with van der Waals surface area (Å²) < 4.78 is 15.9. The average molecular weight is 395 g/mol.